The lowest BCUT2D eigenvalue weighted by molar-refractivity contribution is -0.151. The third kappa shape index (κ3) is 4.89. The number of aldehydes is 1. The summed E-state index contributed by atoms with van der Waals surface area (Å²) in [6, 6.07) is 0. The Morgan fingerprint density at radius 2 is 1.91 bits per heavy atom. The molecule has 184 valence electrons. The van der Waals surface area contributed by atoms with Crippen LogP contribution in [-0.2, 0) is 14.3 Å². The van der Waals surface area contributed by atoms with Crippen LogP contribution in [0.25, 0.3) is 0 Å². The summed E-state index contributed by atoms with van der Waals surface area (Å²) >= 11 is 0. The summed E-state index contributed by atoms with van der Waals surface area (Å²) in [6.45, 7) is 9.79. The molecule has 3 saturated carbocycles. The van der Waals surface area contributed by atoms with Gasteiger partial charge in [-0.3, -0.25) is 4.79 Å². The van der Waals surface area contributed by atoms with Gasteiger partial charge < -0.3 is 9.53 Å². The minimum atomic E-state index is -0.220. The predicted octanol–water partition coefficient (Wildman–Crippen LogP) is 7.59. The molecule has 0 aromatic carbocycles. The third-order valence-electron chi connectivity index (χ3n) is 10.1. The van der Waals surface area contributed by atoms with Crippen molar-refractivity contribution in [1.82, 2.24) is 0 Å². The molecule has 4 aliphatic carbocycles. The first kappa shape index (κ1) is 24.7. The van der Waals surface area contributed by atoms with Crippen molar-refractivity contribution >= 4 is 12.3 Å². The van der Waals surface area contributed by atoms with Gasteiger partial charge in [-0.25, -0.2) is 0 Å². The van der Waals surface area contributed by atoms with E-state index in [9.17, 15) is 9.59 Å². The van der Waals surface area contributed by atoms with Crippen LogP contribution in [0, 0.1) is 34.5 Å². The summed E-state index contributed by atoms with van der Waals surface area (Å²) < 4.78 is 5.72. The molecule has 6 atom stereocenters. The highest BCUT2D eigenvalue weighted by molar-refractivity contribution is 5.72. The lowest BCUT2D eigenvalue weighted by Crippen LogP contribution is -2.46. The van der Waals surface area contributed by atoms with Crippen LogP contribution in [-0.4, -0.2) is 18.4 Å². The summed E-state index contributed by atoms with van der Waals surface area (Å²) in [4.78, 5) is 22.6. The highest BCUT2D eigenvalue weighted by Gasteiger charge is 2.56. The molecule has 0 aliphatic heterocycles. The van der Waals surface area contributed by atoms with Crippen LogP contribution in [0.4, 0.5) is 0 Å². The van der Waals surface area contributed by atoms with E-state index in [0.717, 1.165) is 43.3 Å². The van der Waals surface area contributed by atoms with E-state index in [1.807, 2.05) is 0 Å². The van der Waals surface area contributed by atoms with Crippen molar-refractivity contribution in [2.24, 2.45) is 34.5 Å². The molecule has 3 heteroatoms. The van der Waals surface area contributed by atoms with Crippen LogP contribution in [0.2, 0.25) is 0 Å². The first-order valence-corrected chi connectivity index (χ1v) is 13.8. The molecule has 4 aliphatic rings. The second-order valence-electron chi connectivity index (χ2n) is 12.4. The van der Waals surface area contributed by atoms with Crippen molar-refractivity contribution in [3.8, 4) is 0 Å². The zero-order valence-electron chi connectivity index (χ0n) is 21.5. The molecule has 5 unspecified atom stereocenters. The largest absolute Gasteiger partial charge is 0.462 e. The molecule has 0 saturated heterocycles. The van der Waals surface area contributed by atoms with Crippen LogP contribution in [0.5, 0.6) is 0 Å². The second kappa shape index (κ2) is 10.1. The van der Waals surface area contributed by atoms with E-state index in [4.69, 9.17) is 4.74 Å². The smallest absolute Gasteiger partial charge is 0.306 e. The van der Waals surface area contributed by atoms with Crippen molar-refractivity contribution in [2.75, 3.05) is 0 Å². The third-order valence-corrected chi connectivity index (χ3v) is 10.1. The number of hydrogen-bond acceptors (Lipinski definition) is 3. The molecule has 0 aromatic rings. The molecule has 3 fully saturated rings. The fraction of sp³-hybridized carbons (Fsp3) is 0.800. The van der Waals surface area contributed by atoms with Crippen LogP contribution >= 0.6 is 0 Å². The molecule has 0 bridgehead atoms. The Kier molecular flexibility index (Phi) is 7.56. The van der Waals surface area contributed by atoms with E-state index in [-0.39, 0.29) is 30.3 Å². The van der Waals surface area contributed by atoms with Gasteiger partial charge in [-0.15, -0.1) is 0 Å². The zero-order valence-corrected chi connectivity index (χ0v) is 21.5. The summed E-state index contributed by atoms with van der Waals surface area (Å²) in [6.07, 6.45) is 20.1. The molecule has 0 N–H and O–H groups in total. The molecular formula is C30H46O3. The Balaban J connectivity index is 1.43. The van der Waals surface area contributed by atoms with E-state index in [1.54, 1.807) is 5.57 Å². The second-order valence-corrected chi connectivity index (χ2v) is 12.4. The Bertz CT molecular complexity index is 792. The summed E-state index contributed by atoms with van der Waals surface area (Å²) in [5.41, 5.74) is 3.96. The van der Waals surface area contributed by atoms with Gasteiger partial charge in [0, 0.05) is 12.8 Å². The molecule has 0 radical (unpaired) electrons. The number of rotatable bonds is 9. The molecule has 4 rings (SSSR count). The molecule has 0 heterocycles. The highest BCUT2D eigenvalue weighted by Crippen LogP contribution is 2.65. The standard InChI is InChI=1S/C30H46O3/c1-21(2)8-5-6-9-22-12-14-26-25-13-11-23-20-24(33-28(32)10-7-19-31)15-17-30(23,4)27(25)16-18-29(22,26)3/h11,13,19,21-22,24,26-27H,5-10,12,14-18,20H2,1-4H3/t22?,24?,26?,27?,29?,30-/m0/s1. The zero-order chi connectivity index (χ0) is 23.6. The van der Waals surface area contributed by atoms with E-state index in [2.05, 4.69) is 39.8 Å². The summed E-state index contributed by atoms with van der Waals surface area (Å²) in [5.74, 6) is 2.94. The molecule has 0 aromatic heterocycles. The first-order valence-electron chi connectivity index (χ1n) is 13.8. The van der Waals surface area contributed by atoms with Gasteiger partial charge in [0.2, 0.25) is 0 Å². The summed E-state index contributed by atoms with van der Waals surface area (Å²) in [7, 11) is 0. The molecular weight excluding hydrogens is 408 g/mol. The molecule has 0 amide bonds. The molecule has 33 heavy (non-hydrogen) atoms. The van der Waals surface area contributed by atoms with Crippen molar-refractivity contribution in [2.45, 2.75) is 117 Å². The topological polar surface area (TPSA) is 43.4 Å². The average molecular weight is 455 g/mol. The van der Waals surface area contributed by atoms with Crippen molar-refractivity contribution in [1.29, 1.82) is 0 Å². The van der Waals surface area contributed by atoms with E-state index < -0.39 is 0 Å². The van der Waals surface area contributed by atoms with Crippen LogP contribution < -0.4 is 0 Å². The highest BCUT2D eigenvalue weighted by atomic mass is 16.5. The lowest BCUT2D eigenvalue weighted by Gasteiger charge is -2.55. The Morgan fingerprint density at radius 1 is 1.09 bits per heavy atom. The quantitative estimate of drug-likeness (QED) is 0.205. The van der Waals surface area contributed by atoms with Gasteiger partial charge in [-0.05, 0) is 79.4 Å². The number of esters is 1. The van der Waals surface area contributed by atoms with Gasteiger partial charge in [0.05, 0.1) is 6.42 Å². The Hall–Kier alpha value is -1.38. The van der Waals surface area contributed by atoms with Crippen molar-refractivity contribution in [3.63, 3.8) is 0 Å². The van der Waals surface area contributed by atoms with E-state index in [0.29, 0.717) is 11.3 Å². The van der Waals surface area contributed by atoms with Crippen LogP contribution in [0.15, 0.2) is 23.3 Å². The van der Waals surface area contributed by atoms with Crippen molar-refractivity contribution < 1.29 is 14.3 Å². The van der Waals surface area contributed by atoms with E-state index in [1.165, 1.54) is 56.9 Å². The summed E-state index contributed by atoms with van der Waals surface area (Å²) in [5, 5.41) is 0. The van der Waals surface area contributed by atoms with Crippen LogP contribution in [0.1, 0.15) is 111 Å². The number of carbonyl (C=O) groups is 2. The maximum atomic E-state index is 12.0. The van der Waals surface area contributed by atoms with Crippen LogP contribution in [0.3, 0.4) is 0 Å². The van der Waals surface area contributed by atoms with E-state index >= 15 is 0 Å². The maximum absolute atomic E-state index is 12.0. The van der Waals surface area contributed by atoms with Crippen molar-refractivity contribution in [3.05, 3.63) is 23.3 Å². The van der Waals surface area contributed by atoms with Gasteiger partial charge in [0.1, 0.15) is 12.4 Å². The molecule has 3 nitrogen and oxygen atoms in total. The fourth-order valence-electron chi connectivity index (χ4n) is 8.02. The minimum Gasteiger partial charge on any atom is -0.462 e. The monoisotopic (exact) mass is 454 g/mol. The number of fused-ring (bicyclic) bond motifs is 5. The number of carbonyl (C=O) groups excluding carboxylic acids is 2. The number of hydrogen-bond donors (Lipinski definition) is 0. The average Bonchev–Trinajstić information content (AvgIpc) is 3.11. The normalized spacial score (nSPS) is 37.5. The predicted molar refractivity (Wildman–Crippen MR) is 134 cm³/mol. The maximum Gasteiger partial charge on any atom is 0.306 e. The van der Waals surface area contributed by atoms with Gasteiger partial charge in [-0.1, -0.05) is 70.3 Å². The lowest BCUT2D eigenvalue weighted by atomic mass is 9.50. The van der Waals surface area contributed by atoms with Gasteiger partial charge in [0.25, 0.3) is 0 Å². The van der Waals surface area contributed by atoms with Gasteiger partial charge in [0.15, 0.2) is 0 Å². The fourth-order valence-corrected chi connectivity index (χ4v) is 8.02. The number of allylic oxidation sites excluding steroid dienone is 3. The molecule has 0 spiro atoms. The number of ether oxygens (including phenoxy) is 1. The number of unbranched alkanes of at least 4 members (excludes halogenated alkanes) is 1. The SMILES string of the molecule is CC(C)CCCCC1CCC2C3=CC=C4CC(OC(=O)CCC=O)CC[C@]4(C)C3CCC12C. The minimum absolute atomic E-state index is 0.0195. The first-order chi connectivity index (χ1) is 15.8. The van der Waals surface area contributed by atoms with Gasteiger partial charge in [-0.2, -0.15) is 0 Å². The Labute approximate surface area is 201 Å². The Morgan fingerprint density at radius 3 is 2.67 bits per heavy atom. The van der Waals surface area contributed by atoms with Gasteiger partial charge >= 0.3 is 5.97 Å².